The molecule has 1 heterocycles. The number of hydrogen-bond donors (Lipinski definition) is 1. The Morgan fingerprint density at radius 3 is 2.32 bits per heavy atom. The number of nitrogens with zero attached hydrogens (tertiary/aromatic N) is 2. The van der Waals surface area contributed by atoms with Gasteiger partial charge in [0.1, 0.15) is 5.75 Å². The summed E-state index contributed by atoms with van der Waals surface area (Å²) in [5, 5.41) is 2.97. The first-order valence-corrected chi connectivity index (χ1v) is 9.53. The zero-order chi connectivity index (χ0) is 20.1. The number of ketones is 1. The largest absolute Gasteiger partial charge is 0.497 e. The maximum absolute atomic E-state index is 12.6. The molecule has 6 heteroatoms. The fraction of sp³-hybridized carbons (Fsp3) is 0.364. The van der Waals surface area contributed by atoms with Gasteiger partial charge in [0.2, 0.25) is 5.91 Å². The fourth-order valence-electron chi connectivity index (χ4n) is 3.39. The SMILES string of the molecule is COc1cccc(NC(=O)[C@@H](C)N2CCN(c3ccc(C(C)=O)cc3)CC2)c1. The number of carbonyl (C=O) groups is 2. The van der Waals surface area contributed by atoms with Gasteiger partial charge in [0.15, 0.2) is 5.78 Å². The maximum Gasteiger partial charge on any atom is 0.241 e. The summed E-state index contributed by atoms with van der Waals surface area (Å²) in [6, 6.07) is 14.9. The van der Waals surface area contributed by atoms with E-state index in [0.717, 1.165) is 48.9 Å². The summed E-state index contributed by atoms with van der Waals surface area (Å²) in [5.41, 5.74) is 2.57. The second-order valence-corrected chi connectivity index (χ2v) is 7.02. The quantitative estimate of drug-likeness (QED) is 0.780. The lowest BCUT2D eigenvalue weighted by Crippen LogP contribution is -2.52. The summed E-state index contributed by atoms with van der Waals surface area (Å²) in [5.74, 6) is 0.773. The van der Waals surface area contributed by atoms with Crippen LogP contribution in [0.1, 0.15) is 24.2 Å². The molecule has 0 bridgehead atoms. The van der Waals surface area contributed by atoms with E-state index in [1.807, 2.05) is 55.5 Å². The molecule has 3 rings (SSSR count). The van der Waals surface area contributed by atoms with Crippen molar-refractivity contribution in [2.75, 3.05) is 43.5 Å². The van der Waals surface area contributed by atoms with Crippen molar-refractivity contribution in [2.24, 2.45) is 0 Å². The third kappa shape index (κ3) is 4.70. The zero-order valence-electron chi connectivity index (χ0n) is 16.6. The van der Waals surface area contributed by atoms with E-state index >= 15 is 0 Å². The van der Waals surface area contributed by atoms with E-state index in [4.69, 9.17) is 4.74 Å². The molecule has 0 unspecified atom stereocenters. The maximum atomic E-state index is 12.6. The molecule has 2 aromatic rings. The van der Waals surface area contributed by atoms with Crippen molar-refractivity contribution in [1.29, 1.82) is 0 Å². The van der Waals surface area contributed by atoms with Crippen molar-refractivity contribution in [1.82, 2.24) is 4.90 Å². The highest BCUT2D eigenvalue weighted by Gasteiger charge is 2.25. The number of benzene rings is 2. The van der Waals surface area contributed by atoms with E-state index in [1.165, 1.54) is 0 Å². The number of anilines is 2. The molecule has 0 radical (unpaired) electrons. The van der Waals surface area contributed by atoms with Crippen LogP contribution in [0, 0.1) is 0 Å². The van der Waals surface area contributed by atoms with E-state index in [2.05, 4.69) is 15.1 Å². The van der Waals surface area contributed by atoms with E-state index in [0.29, 0.717) is 0 Å². The molecule has 0 spiro atoms. The molecule has 1 aliphatic heterocycles. The number of carbonyl (C=O) groups excluding carboxylic acids is 2. The molecule has 1 fully saturated rings. The Kier molecular flexibility index (Phi) is 6.31. The van der Waals surface area contributed by atoms with Gasteiger partial charge in [-0.3, -0.25) is 14.5 Å². The number of piperazine rings is 1. The van der Waals surface area contributed by atoms with Gasteiger partial charge in [0.25, 0.3) is 0 Å². The third-order valence-corrected chi connectivity index (χ3v) is 5.22. The lowest BCUT2D eigenvalue weighted by molar-refractivity contribution is -0.120. The highest BCUT2D eigenvalue weighted by molar-refractivity contribution is 5.95. The molecular formula is C22H27N3O3. The van der Waals surface area contributed by atoms with Gasteiger partial charge in [-0.05, 0) is 50.2 Å². The van der Waals surface area contributed by atoms with Crippen LogP contribution in [0.3, 0.4) is 0 Å². The minimum absolute atomic E-state index is 0.0208. The Morgan fingerprint density at radius 1 is 1.04 bits per heavy atom. The molecule has 2 aromatic carbocycles. The van der Waals surface area contributed by atoms with E-state index in [9.17, 15) is 9.59 Å². The normalized spacial score (nSPS) is 15.8. The Morgan fingerprint density at radius 2 is 1.71 bits per heavy atom. The molecule has 1 N–H and O–H groups in total. The number of ether oxygens (including phenoxy) is 1. The number of methoxy groups -OCH3 is 1. The van der Waals surface area contributed by atoms with Crippen LogP contribution in [0.2, 0.25) is 0 Å². The predicted octanol–water partition coefficient (Wildman–Crippen LogP) is 3.05. The standard InChI is InChI=1S/C22H27N3O3/c1-16(22(27)23-19-5-4-6-21(15-19)28-3)24-11-13-25(14-12-24)20-9-7-18(8-10-20)17(2)26/h4-10,15-16H,11-14H2,1-3H3,(H,23,27)/t16-/m1/s1. The van der Waals surface area contributed by atoms with Crippen molar-refractivity contribution in [3.63, 3.8) is 0 Å². The van der Waals surface area contributed by atoms with Gasteiger partial charge in [-0.15, -0.1) is 0 Å². The number of Topliss-reactive ketones (excluding diaryl/α,β-unsaturated/α-hetero) is 1. The average Bonchev–Trinajstić information content (AvgIpc) is 2.73. The fourth-order valence-corrected chi connectivity index (χ4v) is 3.39. The summed E-state index contributed by atoms with van der Waals surface area (Å²) in [6.45, 7) is 6.81. The molecule has 1 saturated heterocycles. The van der Waals surface area contributed by atoms with Crippen molar-refractivity contribution in [2.45, 2.75) is 19.9 Å². The van der Waals surface area contributed by atoms with Crippen LogP contribution in [-0.2, 0) is 4.79 Å². The van der Waals surface area contributed by atoms with Gasteiger partial charge >= 0.3 is 0 Å². The molecule has 28 heavy (non-hydrogen) atoms. The van der Waals surface area contributed by atoms with E-state index < -0.39 is 0 Å². The molecule has 1 aliphatic rings. The number of rotatable bonds is 6. The molecule has 1 amide bonds. The highest BCUT2D eigenvalue weighted by Crippen LogP contribution is 2.20. The Hall–Kier alpha value is -2.86. The van der Waals surface area contributed by atoms with Crippen LogP contribution < -0.4 is 15.0 Å². The second-order valence-electron chi connectivity index (χ2n) is 7.02. The summed E-state index contributed by atoms with van der Waals surface area (Å²) in [7, 11) is 1.61. The zero-order valence-corrected chi connectivity index (χ0v) is 16.6. The summed E-state index contributed by atoms with van der Waals surface area (Å²) in [4.78, 5) is 28.5. The van der Waals surface area contributed by atoms with Crippen molar-refractivity contribution in [3.05, 3.63) is 54.1 Å². The Labute approximate surface area is 166 Å². The van der Waals surface area contributed by atoms with Crippen LogP contribution in [0.4, 0.5) is 11.4 Å². The minimum Gasteiger partial charge on any atom is -0.497 e. The molecule has 0 aromatic heterocycles. The van der Waals surface area contributed by atoms with Crippen LogP contribution in [-0.4, -0.2) is 55.9 Å². The molecule has 0 aliphatic carbocycles. The van der Waals surface area contributed by atoms with E-state index in [-0.39, 0.29) is 17.7 Å². The first-order valence-electron chi connectivity index (χ1n) is 9.53. The monoisotopic (exact) mass is 381 g/mol. The second kappa shape index (κ2) is 8.89. The molecule has 148 valence electrons. The first-order chi connectivity index (χ1) is 13.5. The van der Waals surface area contributed by atoms with Crippen molar-refractivity contribution >= 4 is 23.1 Å². The highest BCUT2D eigenvalue weighted by atomic mass is 16.5. The van der Waals surface area contributed by atoms with E-state index in [1.54, 1.807) is 14.0 Å². The van der Waals surface area contributed by atoms with Crippen LogP contribution >= 0.6 is 0 Å². The topological polar surface area (TPSA) is 61.9 Å². The van der Waals surface area contributed by atoms with Crippen LogP contribution in [0.25, 0.3) is 0 Å². The molecule has 1 atom stereocenters. The van der Waals surface area contributed by atoms with Gasteiger partial charge < -0.3 is 15.0 Å². The third-order valence-electron chi connectivity index (χ3n) is 5.22. The molecular weight excluding hydrogens is 354 g/mol. The predicted molar refractivity (Wildman–Crippen MR) is 111 cm³/mol. The van der Waals surface area contributed by atoms with Gasteiger partial charge in [-0.25, -0.2) is 0 Å². The van der Waals surface area contributed by atoms with Crippen LogP contribution in [0.5, 0.6) is 5.75 Å². The minimum atomic E-state index is -0.214. The summed E-state index contributed by atoms with van der Waals surface area (Å²) < 4.78 is 5.20. The van der Waals surface area contributed by atoms with Gasteiger partial charge in [-0.1, -0.05) is 6.07 Å². The summed E-state index contributed by atoms with van der Waals surface area (Å²) in [6.07, 6.45) is 0. The van der Waals surface area contributed by atoms with Crippen molar-refractivity contribution in [3.8, 4) is 5.75 Å². The smallest absolute Gasteiger partial charge is 0.241 e. The first kappa shape index (κ1) is 19.9. The van der Waals surface area contributed by atoms with Gasteiger partial charge in [-0.2, -0.15) is 0 Å². The Balaban J connectivity index is 1.54. The number of nitrogens with one attached hydrogen (secondary N) is 1. The number of hydrogen-bond acceptors (Lipinski definition) is 5. The molecule has 6 nitrogen and oxygen atoms in total. The number of amides is 1. The van der Waals surface area contributed by atoms with Crippen molar-refractivity contribution < 1.29 is 14.3 Å². The lowest BCUT2D eigenvalue weighted by Gasteiger charge is -2.38. The van der Waals surface area contributed by atoms with Gasteiger partial charge in [0.05, 0.1) is 13.2 Å². The average molecular weight is 381 g/mol. The lowest BCUT2D eigenvalue weighted by atomic mass is 10.1. The van der Waals surface area contributed by atoms with Gasteiger partial charge in [0, 0.05) is 49.2 Å². The van der Waals surface area contributed by atoms with Crippen LogP contribution in [0.15, 0.2) is 48.5 Å². The Bertz CT molecular complexity index is 827. The summed E-state index contributed by atoms with van der Waals surface area (Å²) >= 11 is 0. The molecule has 0 saturated carbocycles.